The molecule has 46 heavy (non-hydrogen) atoms. The molecule has 0 aliphatic heterocycles. The second-order valence-corrected chi connectivity index (χ2v) is 11.8. The second kappa shape index (κ2) is 12.2. The third-order valence-electron chi connectivity index (χ3n) is 8.85. The van der Waals surface area contributed by atoms with Gasteiger partial charge in [-0.2, -0.15) is 0 Å². The summed E-state index contributed by atoms with van der Waals surface area (Å²) >= 11 is 0. The molecule has 8 aromatic rings. The molecule has 0 nitrogen and oxygen atoms in total. The van der Waals surface area contributed by atoms with E-state index in [9.17, 15) is 0 Å². The summed E-state index contributed by atoms with van der Waals surface area (Å²) in [5, 5.41) is 2.49. The van der Waals surface area contributed by atoms with Crippen molar-refractivity contribution >= 4 is 10.8 Å². The van der Waals surface area contributed by atoms with Crippen LogP contribution < -0.4 is 0 Å². The average molecular weight is 585 g/mol. The Morgan fingerprint density at radius 3 is 0.804 bits per heavy atom. The largest absolute Gasteiger partial charge is 0.0622 e. The van der Waals surface area contributed by atoms with Crippen LogP contribution in [-0.2, 0) is 0 Å². The van der Waals surface area contributed by atoms with Crippen molar-refractivity contribution in [1.82, 2.24) is 0 Å². The predicted molar refractivity (Wildman–Crippen MR) is 197 cm³/mol. The van der Waals surface area contributed by atoms with E-state index in [1.165, 1.54) is 77.5 Å². The van der Waals surface area contributed by atoms with Crippen molar-refractivity contribution in [2.75, 3.05) is 0 Å². The molecule has 0 atom stereocenters. The molecule has 0 saturated heterocycles. The fraction of sp³-hybridized carbons (Fsp3) is 0. The monoisotopic (exact) mass is 584 g/mol. The molecule has 0 amide bonds. The van der Waals surface area contributed by atoms with Crippen molar-refractivity contribution in [3.8, 4) is 66.8 Å². The zero-order valence-corrected chi connectivity index (χ0v) is 25.5. The van der Waals surface area contributed by atoms with Crippen LogP contribution in [0.2, 0.25) is 0 Å². The van der Waals surface area contributed by atoms with Crippen molar-refractivity contribution in [2.45, 2.75) is 0 Å². The van der Waals surface area contributed by atoms with E-state index >= 15 is 0 Å². The van der Waals surface area contributed by atoms with Gasteiger partial charge in [-0.05, 0) is 114 Å². The number of fused-ring (bicyclic) bond motifs is 1. The fourth-order valence-electron chi connectivity index (χ4n) is 6.53. The number of benzene rings is 8. The van der Waals surface area contributed by atoms with Crippen molar-refractivity contribution in [1.29, 1.82) is 0 Å². The standard InChI is InChI=1S/C46H32/c1-5-15-33(16-6-1)37-23-13-25-39(27-37)41-29-43(35-19-9-3-10-20-35)46-32-42(30-44(45(46)31-41)36-21-11-4-12-22-36)40-26-14-24-38(28-40)34-17-7-2-8-18-34/h1-32H. The van der Waals surface area contributed by atoms with Crippen molar-refractivity contribution in [3.05, 3.63) is 194 Å². The highest BCUT2D eigenvalue weighted by Crippen LogP contribution is 2.42. The molecule has 0 N–H and O–H groups in total. The molecule has 216 valence electrons. The molecule has 0 aromatic heterocycles. The molecule has 0 unspecified atom stereocenters. The van der Waals surface area contributed by atoms with Crippen LogP contribution in [0.15, 0.2) is 194 Å². The number of hydrogen-bond donors (Lipinski definition) is 0. The van der Waals surface area contributed by atoms with Gasteiger partial charge >= 0.3 is 0 Å². The Bertz CT molecular complexity index is 2100. The van der Waals surface area contributed by atoms with Gasteiger partial charge in [0.15, 0.2) is 0 Å². The minimum absolute atomic E-state index is 1.21. The van der Waals surface area contributed by atoms with Gasteiger partial charge in [0, 0.05) is 0 Å². The highest BCUT2D eigenvalue weighted by atomic mass is 14.2. The third kappa shape index (κ3) is 5.42. The Labute approximate surface area is 270 Å². The molecule has 0 fully saturated rings. The van der Waals surface area contributed by atoms with E-state index in [2.05, 4.69) is 194 Å². The van der Waals surface area contributed by atoms with E-state index in [0.29, 0.717) is 0 Å². The van der Waals surface area contributed by atoms with Crippen LogP contribution in [0.1, 0.15) is 0 Å². The summed E-state index contributed by atoms with van der Waals surface area (Å²) in [7, 11) is 0. The lowest BCUT2D eigenvalue weighted by atomic mass is 9.86. The molecule has 0 aliphatic rings. The first-order valence-electron chi connectivity index (χ1n) is 15.8. The Kier molecular flexibility index (Phi) is 7.30. The van der Waals surface area contributed by atoms with Crippen LogP contribution in [0.25, 0.3) is 77.5 Å². The van der Waals surface area contributed by atoms with Crippen LogP contribution in [-0.4, -0.2) is 0 Å². The van der Waals surface area contributed by atoms with E-state index < -0.39 is 0 Å². The number of rotatable bonds is 6. The summed E-state index contributed by atoms with van der Waals surface area (Å²) in [4.78, 5) is 0. The van der Waals surface area contributed by atoms with E-state index in [1.807, 2.05) is 0 Å². The summed E-state index contributed by atoms with van der Waals surface area (Å²) in [5.74, 6) is 0. The zero-order valence-electron chi connectivity index (χ0n) is 25.5. The van der Waals surface area contributed by atoms with E-state index in [0.717, 1.165) is 0 Å². The van der Waals surface area contributed by atoms with Crippen LogP contribution in [0.3, 0.4) is 0 Å². The molecular formula is C46H32. The van der Waals surface area contributed by atoms with E-state index in [4.69, 9.17) is 0 Å². The third-order valence-corrected chi connectivity index (χ3v) is 8.85. The molecule has 8 aromatic carbocycles. The summed E-state index contributed by atoms with van der Waals surface area (Å²) < 4.78 is 0. The van der Waals surface area contributed by atoms with E-state index in [-0.39, 0.29) is 0 Å². The van der Waals surface area contributed by atoms with Crippen LogP contribution in [0.5, 0.6) is 0 Å². The smallest absolute Gasteiger partial charge is 0.00926 e. The van der Waals surface area contributed by atoms with Gasteiger partial charge in [0.25, 0.3) is 0 Å². The lowest BCUT2D eigenvalue weighted by Gasteiger charge is -2.18. The lowest BCUT2D eigenvalue weighted by Crippen LogP contribution is -1.91. The van der Waals surface area contributed by atoms with Gasteiger partial charge in [0.05, 0.1) is 0 Å². The predicted octanol–water partition coefficient (Wildman–Crippen LogP) is 12.8. The van der Waals surface area contributed by atoms with Crippen LogP contribution in [0, 0.1) is 0 Å². The Hall–Kier alpha value is -5.98. The van der Waals surface area contributed by atoms with Crippen molar-refractivity contribution in [3.63, 3.8) is 0 Å². The molecule has 0 bridgehead atoms. The van der Waals surface area contributed by atoms with Crippen LogP contribution in [0.4, 0.5) is 0 Å². The van der Waals surface area contributed by atoms with Gasteiger partial charge in [-0.3, -0.25) is 0 Å². The SMILES string of the molecule is c1ccc(-c2cccc(-c3cc(-c4ccccc4)c4cc(-c5cccc(-c6ccccc6)c5)cc(-c5ccccc5)c4c3)c2)cc1. The molecule has 0 saturated carbocycles. The van der Waals surface area contributed by atoms with Crippen LogP contribution >= 0.6 is 0 Å². The highest BCUT2D eigenvalue weighted by Gasteiger charge is 2.15. The molecule has 0 radical (unpaired) electrons. The first kappa shape index (κ1) is 27.6. The van der Waals surface area contributed by atoms with Gasteiger partial charge in [-0.1, -0.05) is 158 Å². The normalized spacial score (nSPS) is 11.0. The van der Waals surface area contributed by atoms with Gasteiger partial charge in [0.1, 0.15) is 0 Å². The first-order chi connectivity index (χ1) is 22.8. The molecule has 8 rings (SSSR count). The summed E-state index contributed by atoms with van der Waals surface area (Å²) in [6, 6.07) is 70.2. The second-order valence-electron chi connectivity index (χ2n) is 11.8. The summed E-state index contributed by atoms with van der Waals surface area (Å²) in [6.45, 7) is 0. The van der Waals surface area contributed by atoms with Gasteiger partial charge in [-0.15, -0.1) is 0 Å². The Morgan fingerprint density at radius 2 is 0.457 bits per heavy atom. The summed E-state index contributed by atoms with van der Waals surface area (Å²) in [6.07, 6.45) is 0. The van der Waals surface area contributed by atoms with Gasteiger partial charge in [0.2, 0.25) is 0 Å². The maximum Gasteiger partial charge on any atom is -0.00926 e. The minimum atomic E-state index is 1.21. The van der Waals surface area contributed by atoms with Crippen molar-refractivity contribution < 1.29 is 0 Å². The number of hydrogen-bond acceptors (Lipinski definition) is 0. The Morgan fingerprint density at radius 1 is 0.174 bits per heavy atom. The Balaban J connectivity index is 1.39. The molecule has 0 heteroatoms. The zero-order chi connectivity index (χ0) is 30.7. The maximum atomic E-state index is 2.39. The first-order valence-corrected chi connectivity index (χ1v) is 15.8. The van der Waals surface area contributed by atoms with Gasteiger partial charge < -0.3 is 0 Å². The highest BCUT2D eigenvalue weighted by molar-refractivity contribution is 6.09. The molecule has 0 spiro atoms. The quantitative estimate of drug-likeness (QED) is 0.182. The molecular weight excluding hydrogens is 553 g/mol. The van der Waals surface area contributed by atoms with Gasteiger partial charge in [-0.25, -0.2) is 0 Å². The molecule has 0 heterocycles. The summed E-state index contributed by atoms with van der Waals surface area (Å²) in [5.41, 5.74) is 14.6. The maximum absolute atomic E-state index is 2.39. The minimum Gasteiger partial charge on any atom is -0.0622 e. The van der Waals surface area contributed by atoms with Crippen molar-refractivity contribution in [2.24, 2.45) is 0 Å². The lowest BCUT2D eigenvalue weighted by molar-refractivity contribution is 1.57. The average Bonchev–Trinajstić information content (AvgIpc) is 3.15. The van der Waals surface area contributed by atoms with E-state index in [1.54, 1.807) is 0 Å². The topological polar surface area (TPSA) is 0 Å². The fourth-order valence-corrected chi connectivity index (χ4v) is 6.53. The molecule has 0 aliphatic carbocycles.